The molecule has 0 bridgehead atoms. The van der Waals surface area contributed by atoms with Gasteiger partial charge in [0.25, 0.3) is 5.91 Å². The van der Waals surface area contributed by atoms with E-state index in [4.69, 9.17) is 9.47 Å². The average Bonchev–Trinajstić information content (AvgIpc) is 2.78. The van der Waals surface area contributed by atoms with Crippen LogP contribution in [-0.2, 0) is 6.42 Å². The molecule has 0 radical (unpaired) electrons. The number of anilines is 2. The van der Waals surface area contributed by atoms with Crippen LogP contribution in [0.3, 0.4) is 0 Å². The number of hydrogen-bond acceptors (Lipinski definition) is 6. The minimum atomic E-state index is -0.224. The van der Waals surface area contributed by atoms with E-state index in [1.807, 2.05) is 25.2 Å². The number of carbonyl (C=O) groups is 1. The van der Waals surface area contributed by atoms with Gasteiger partial charge < -0.3 is 19.7 Å². The van der Waals surface area contributed by atoms with Crippen molar-refractivity contribution in [3.8, 4) is 11.5 Å². The van der Waals surface area contributed by atoms with E-state index in [1.54, 1.807) is 43.0 Å². The zero-order valence-corrected chi connectivity index (χ0v) is 16.2. The highest BCUT2D eigenvalue weighted by Crippen LogP contribution is 2.32. The number of amides is 1. The van der Waals surface area contributed by atoms with Crippen molar-refractivity contribution < 1.29 is 14.3 Å². The van der Waals surface area contributed by atoms with Gasteiger partial charge in [0.05, 0.1) is 17.4 Å². The summed E-state index contributed by atoms with van der Waals surface area (Å²) in [6, 6.07) is 11.2. The van der Waals surface area contributed by atoms with Crippen molar-refractivity contribution in [2.45, 2.75) is 6.42 Å². The third kappa shape index (κ3) is 4.63. The highest BCUT2D eigenvalue weighted by Gasteiger charge is 2.14. The van der Waals surface area contributed by atoms with Crippen LogP contribution in [0.4, 0.5) is 11.4 Å². The molecule has 29 heavy (non-hydrogen) atoms. The Kier molecular flexibility index (Phi) is 5.56. The Morgan fingerprint density at radius 2 is 1.83 bits per heavy atom. The number of nitrogens with zero attached hydrogens (tertiary/aromatic N) is 3. The second-order valence-electron chi connectivity index (χ2n) is 6.77. The lowest BCUT2D eigenvalue weighted by atomic mass is 10.2. The fourth-order valence-electron chi connectivity index (χ4n) is 3.06. The summed E-state index contributed by atoms with van der Waals surface area (Å²) >= 11 is 0. The number of rotatable bonds is 6. The number of carbonyl (C=O) groups excluding carboxylic acids is 1. The van der Waals surface area contributed by atoms with Crippen molar-refractivity contribution in [2.24, 2.45) is 0 Å². The molecule has 0 saturated heterocycles. The van der Waals surface area contributed by atoms with E-state index in [-0.39, 0.29) is 5.91 Å². The van der Waals surface area contributed by atoms with Crippen molar-refractivity contribution in [2.75, 3.05) is 37.0 Å². The number of aromatic nitrogens is 2. The molecule has 0 atom stereocenters. The molecule has 0 aliphatic carbocycles. The minimum Gasteiger partial charge on any atom is -0.486 e. The fraction of sp³-hybridized carbons (Fsp3) is 0.227. The van der Waals surface area contributed by atoms with Crippen LogP contribution in [-0.4, -0.2) is 42.7 Å². The average molecular weight is 390 g/mol. The normalized spacial score (nSPS) is 12.3. The van der Waals surface area contributed by atoms with Crippen molar-refractivity contribution >= 4 is 17.3 Å². The Labute approximate surface area is 169 Å². The first-order chi connectivity index (χ1) is 14.2. The number of hydrogen-bond donors (Lipinski definition) is 1. The number of fused-ring (bicyclic) bond motifs is 1. The largest absolute Gasteiger partial charge is 0.486 e. The van der Waals surface area contributed by atoms with Crippen LogP contribution in [0.1, 0.15) is 15.9 Å². The SMILES string of the molecule is CN(CCc1ccncc1)c1cncc(C(=O)Nc2ccc3c(c2)OCCO3)c1. The monoisotopic (exact) mass is 390 g/mol. The lowest BCUT2D eigenvalue weighted by molar-refractivity contribution is 0.102. The first-order valence-electron chi connectivity index (χ1n) is 9.45. The molecular weight excluding hydrogens is 368 g/mol. The van der Waals surface area contributed by atoms with Crippen LogP contribution in [0.2, 0.25) is 0 Å². The topological polar surface area (TPSA) is 76.6 Å². The molecule has 1 aliphatic rings. The molecule has 0 saturated carbocycles. The lowest BCUT2D eigenvalue weighted by Gasteiger charge is -2.20. The van der Waals surface area contributed by atoms with E-state index in [0.717, 1.165) is 18.7 Å². The maximum absolute atomic E-state index is 12.7. The van der Waals surface area contributed by atoms with Gasteiger partial charge >= 0.3 is 0 Å². The van der Waals surface area contributed by atoms with E-state index in [1.165, 1.54) is 5.56 Å². The second-order valence-corrected chi connectivity index (χ2v) is 6.77. The van der Waals surface area contributed by atoms with E-state index >= 15 is 0 Å². The number of likely N-dealkylation sites (N-methyl/N-ethyl adjacent to an activating group) is 1. The fourth-order valence-corrected chi connectivity index (χ4v) is 3.06. The maximum atomic E-state index is 12.7. The van der Waals surface area contributed by atoms with Gasteiger partial charge in [0.1, 0.15) is 13.2 Å². The molecule has 1 aromatic carbocycles. The van der Waals surface area contributed by atoms with Crippen LogP contribution in [0.15, 0.2) is 61.2 Å². The second kappa shape index (κ2) is 8.60. The Hall–Kier alpha value is -3.61. The summed E-state index contributed by atoms with van der Waals surface area (Å²) in [4.78, 5) is 23.0. The summed E-state index contributed by atoms with van der Waals surface area (Å²) in [5.74, 6) is 1.10. The molecule has 0 spiro atoms. The molecule has 3 heterocycles. The first-order valence-corrected chi connectivity index (χ1v) is 9.45. The highest BCUT2D eigenvalue weighted by molar-refractivity contribution is 6.04. The van der Waals surface area contributed by atoms with E-state index in [0.29, 0.717) is 36.0 Å². The highest BCUT2D eigenvalue weighted by atomic mass is 16.6. The summed E-state index contributed by atoms with van der Waals surface area (Å²) in [7, 11) is 1.99. The number of ether oxygens (including phenoxy) is 2. The quantitative estimate of drug-likeness (QED) is 0.697. The molecule has 1 aliphatic heterocycles. The smallest absolute Gasteiger partial charge is 0.257 e. The van der Waals surface area contributed by atoms with Gasteiger partial charge in [-0.05, 0) is 42.3 Å². The van der Waals surface area contributed by atoms with Crippen molar-refractivity contribution in [3.63, 3.8) is 0 Å². The van der Waals surface area contributed by atoms with Crippen LogP contribution in [0.25, 0.3) is 0 Å². The van der Waals surface area contributed by atoms with Gasteiger partial charge in [-0.3, -0.25) is 14.8 Å². The molecule has 2 aromatic heterocycles. The summed E-state index contributed by atoms with van der Waals surface area (Å²) in [5.41, 5.74) is 3.24. The Balaban J connectivity index is 1.41. The van der Waals surface area contributed by atoms with E-state index < -0.39 is 0 Å². The Bertz CT molecular complexity index is 994. The van der Waals surface area contributed by atoms with Crippen LogP contribution < -0.4 is 19.7 Å². The molecule has 0 fully saturated rings. The summed E-state index contributed by atoms with van der Waals surface area (Å²) < 4.78 is 11.1. The van der Waals surface area contributed by atoms with Crippen molar-refractivity contribution in [1.82, 2.24) is 9.97 Å². The third-order valence-electron chi connectivity index (χ3n) is 4.71. The zero-order chi connectivity index (χ0) is 20.1. The van der Waals surface area contributed by atoms with Crippen molar-refractivity contribution in [1.29, 1.82) is 0 Å². The molecule has 0 unspecified atom stereocenters. The minimum absolute atomic E-state index is 0.224. The van der Waals surface area contributed by atoms with Crippen LogP contribution in [0, 0.1) is 0 Å². The molecule has 1 amide bonds. The molecule has 7 heteroatoms. The maximum Gasteiger partial charge on any atom is 0.257 e. The molecular formula is C22H22N4O3. The van der Waals surface area contributed by atoms with Gasteiger partial charge in [-0.15, -0.1) is 0 Å². The zero-order valence-electron chi connectivity index (χ0n) is 16.2. The summed E-state index contributed by atoms with van der Waals surface area (Å²) in [6.45, 7) is 1.84. The van der Waals surface area contributed by atoms with Gasteiger partial charge in [-0.1, -0.05) is 0 Å². The molecule has 148 valence electrons. The predicted molar refractivity (Wildman–Crippen MR) is 111 cm³/mol. The van der Waals surface area contributed by atoms with E-state index in [2.05, 4.69) is 20.2 Å². The summed E-state index contributed by atoms with van der Waals surface area (Å²) in [6.07, 6.45) is 7.78. The first kappa shape index (κ1) is 18.7. The Morgan fingerprint density at radius 1 is 1.03 bits per heavy atom. The number of benzene rings is 1. The molecule has 7 nitrogen and oxygen atoms in total. The van der Waals surface area contributed by atoms with Gasteiger partial charge in [0, 0.05) is 43.9 Å². The molecule has 1 N–H and O–H groups in total. The molecule has 4 rings (SSSR count). The Morgan fingerprint density at radius 3 is 2.66 bits per heavy atom. The van der Waals surface area contributed by atoms with E-state index in [9.17, 15) is 4.79 Å². The van der Waals surface area contributed by atoms with Crippen LogP contribution >= 0.6 is 0 Å². The number of pyridine rings is 2. The van der Waals surface area contributed by atoms with Gasteiger partial charge in [-0.2, -0.15) is 0 Å². The third-order valence-corrected chi connectivity index (χ3v) is 4.71. The predicted octanol–water partition coefficient (Wildman–Crippen LogP) is 3.18. The lowest BCUT2D eigenvalue weighted by Crippen LogP contribution is -2.21. The van der Waals surface area contributed by atoms with Crippen LogP contribution in [0.5, 0.6) is 11.5 Å². The molecule has 3 aromatic rings. The summed E-state index contributed by atoms with van der Waals surface area (Å²) in [5, 5.41) is 2.89. The van der Waals surface area contributed by atoms with Gasteiger partial charge in [0.2, 0.25) is 0 Å². The standard InChI is InChI=1S/C22H22N4O3/c1-26(9-6-16-4-7-23-8-5-16)19-12-17(14-24-15-19)22(27)25-18-2-3-20-21(13-18)29-11-10-28-20/h2-5,7-8,12-15H,6,9-11H2,1H3,(H,25,27). The number of nitrogens with one attached hydrogen (secondary N) is 1. The van der Waals surface area contributed by atoms with Gasteiger partial charge in [-0.25, -0.2) is 0 Å². The van der Waals surface area contributed by atoms with Gasteiger partial charge in [0.15, 0.2) is 11.5 Å². The van der Waals surface area contributed by atoms with Crippen molar-refractivity contribution in [3.05, 3.63) is 72.3 Å².